The predicted molar refractivity (Wildman–Crippen MR) is 88.5 cm³/mol. The van der Waals surface area contributed by atoms with Crippen LogP contribution in [-0.2, 0) is 19.4 Å². The maximum Gasteiger partial charge on any atom is 0.0951 e. The second-order valence-electron chi connectivity index (χ2n) is 5.60. The molecule has 0 bridgehead atoms. The Labute approximate surface area is 129 Å². The fraction of sp³-hybridized carbons (Fsp3) is 0.647. The number of aryl methyl sites for hydroxylation is 3. The van der Waals surface area contributed by atoms with Crippen LogP contribution in [0.15, 0.2) is 25.0 Å². The number of imidazole rings is 2. The third-order valence-electron chi connectivity index (χ3n) is 3.32. The summed E-state index contributed by atoms with van der Waals surface area (Å²) >= 11 is 0. The van der Waals surface area contributed by atoms with Crippen molar-refractivity contribution < 1.29 is 0 Å². The number of hydrogen-bond acceptors (Lipinski definition) is 2. The van der Waals surface area contributed by atoms with Crippen LogP contribution in [-0.4, -0.2) is 19.1 Å². The predicted octanol–water partition coefficient (Wildman–Crippen LogP) is 4.27. The van der Waals surface area contributed by atoms with Crippen molar-refractivity contribution in [3.8, 4) is 0 Å². The quantitative estimate of drug-likeness (QED) is 0.796. The molecular formula is C17H30N4. The fourth-order valence-electron chi connectivity index (χ4n) is 2.01. The molecule has 21 heavy (non-hydrogen) atoms. The zero-order valence-corrected chi connectivity index (χ0v) is 14.2. The van der Waals surface area contributed by atoms with Gasteiger partial charge in [-0.3, -0.25) is 0 Å². The lowest BCUT2D eigenvalue weighted by atomic mass is 10.3. The fourth-order valence-corrected chi connectivity index (χ4v) is 2.01. The first-order valence-corrected chi connectivity index (χ1v) is 8.13. The Bertz CT molecular complexity index is 496. The van der Waals surface area contributed by atoms with Crippen LogP contribution in [0.1, 0.15) is 64.9 Å². The van der Waals surface area contributed by atoms with Crippen LogP contribution in [0.5, 0.6) is 0 Å². The van der Waals surface area contributed by atoms with Crippen molar-refractivity contribution in [3.05, 3.63) is 36.4 Å². The first-order valence-electron chi connectivity index (χ1n) is 8.13. The molecule has 0 aliphatic rings. The maximum absolute atomic E-state index is 4.29. The van der Waals surface area contributed by atoms with Crippen LogP contribution in [0.4, 0.5) is 0 Å². The summed E-state index contributed by atoms with van der Waals surface area (Å²) in [7, 11) is 0. The molecule has 4 nitrogen and oxygen atoms in total. The Morgan fingerprint density at radius 2 is 1.48 bits per heavy atom. The standard InChI is InChI=1S/C9H16N2.C8H14N2/c1-4-5-9-6-11(7-10-9)8(2)3;1-3-5-8-6-10(4-2)7-9-8/h6-8H,4-5H2,1-3H3;6-7H,3-5H2,1-2H3. The molecule has 0 aliphatic carbocycles. The van der Waals surface area contributed by atoms with E-state index in [9.17, 15) is 0 Å². The van der Waals surface area contributed by atoms with Gasteiger partial charge in [-0.15, -0.1) is 0 Å². The third-order valence-corrected chi connectivity index (χ3v) is 3.32. The lowest BCUT2D eigenvalue weighted by Crippen LogP contribution is -1.95. The highest BCUT2D eigenvalue weighted by Gasteiger charge is 1.99. The molecule has 118 valence electrons. The number of aromatic nitrogens is 4. The molecule has 2 aromatic heterocycles. The van der Waals surface area contributed by atoms with Gasteiger partial charge < -0.3 is 9.13 Å². The van der Waals surface area contributed by atoms with Gasteiger partial charge in [-0.1, -0.05) is 26.7 Å². The average Bonchev–Trinajstić information content (AvgIpc) is 3.09. The van der Waals surface area contributed by atoms with E-state index < -0.39 is 0 Å². The molecule has 0 saturated carbocycles. The van der Waals surface area contributed by atoms with Gasteiger partial charge >= 0.3 is 0 Å². The number of nitrogens with zero attached hydrogens (tertiary/aromatic N) is 4. The van der Waals surface area contributed by atoms with Gasteiger partial charge in [0.2, 0.25) is 0 Å². The Morgan fingerprint density at radius 1 is 0.905 bits per heavy atom. The Balaban J connectivity index is 0.000000211. The molecule has 4 heteroatoms. The summed E-state index contributed by atoms with van der Waals surface area (Å²) in [5.41, 5.74) is 2.42. The largest absolute Gasteiger partial charge is 0.337 e. The minimum Gasteiger partial charge on any atom is -0.337 e. The Hall–Kier alpha value is -1.58. The summed E-state index contributed by atoms with van der Waals surface area (Å²) < 4.78 is 4.25. The minimum absolute atomic E-state index is 0.535. The highest BCUT2D eigenvalue weighted by Crippen LogP contribution is 2.06. The lowest BCUT2D eigenvalue weighted by Gasteiger charge is -2.03. The second-order valence-corrected chi connectivity index (χ2v) is 5.60. The van der Waals surface area contributed by atoms with Crippen molar-refractivity contribution in [2.24, 2.45) is 0 Å². The second kappa shape index (κ2) is 9.37. The molecule has 2 rings (SSSR count). The topological polar surface area (TPSA) is 35.6 Å². The third kappa shape index (κ3) is 6.15. The minimum atomic E-state index is 0.535. The molecule has 2 heterocycles. The van der Waals surface area contributed by atoms with Crippen molar-refractivity contribution in [2.75, 3.05) is 0 Å². The van der Waals surface area contributed by atoms with E-state index in [2.05, 4.69) is 66.1 Å². The van der Waals surface area contributed by atoms with E-state index in [0.29, 0.717) is 6.04 Å². The zero-order valence-electron chi connectivity index (χ0n) is 14.2. The van der Waals surface area contributed by atoms with Crippen molar-refractivity contribution >= 4 is 0 Å². The van der Waals surface area contributed by atoms with Crippen LogP contribution in [0.3, 0.4) is 0 Å². The molecule has 0 fully saturated rings. The molecular weight excluding hydrogens is 260 g/mol. The maximum atomic E-state index is 4.29. The molecule has 0 radical (unpaired) electrons. The summed E-state index contributed by atoms with van der Waals surface area (Å²) in [6.07, 6.45) is 12.6. The van der Waals surface area contributed by atoms with Crippen LogP contribution in [0.2, 0.25) is 0 Å². The van der Waals surface area contributed by atoms with E-state index in [1.165, 1.54) is 24.2 Å². The van der Waals surface area contributed by atoms with E-state index in [-0.39, 0.29) is 0 Å². The van der Waals surface area contributed by atoms with E-state index >= 15 is 0 Å². The molecule has 0 atom stereocenters. The van der Waals surface area contributed by atoms with Crippen molar-refractivity contribution in [3.63, 3.8) is 0 Å². The summed E-state index contributed by atoms with van der Waals surface area (Å²) in [6.45, 7) is 11.8. The van der Waals surface area contributed by atoms with Crippen LogP contribution in [0.25, 0.3) is 0 Å². The molecule has 2 aromatic rings. The Kier molecular flexibility index (Phi) is 7.80. The van der Waals surface area contributed by atoms with E-state index in [1.54, 1.807) is 0 Å². The normalized spacial score (nSPS) is 10.6. The summed E-state index contributed by atoms with van der Waals surface area (Å²) in [4.78, 5) is 8.53. The molecule has 0 aromatic carbocycles. The van der Waals surface area contributed by atoms with E-state index in [0.717, 1.165) is 19.4 Å². The van der Waals surface area contributed by atoms with Gasteiger partial charge in [0.15, 0.2) is 0 Å². The average molecular weight is 290 g/mol. The number of hydrogen-bond donors (Lipinski definition) is 0. The first-order chi connectivity index (χ1) is 10.1. The van der Waals surface area contributed by atoms with Gasteiger partial charge in [0.25, 0.3) is 0 Å². The van der Waals surface area contributed by atoms with Crippen LogP contribution < -0.4 is 0 Å². The van der Waals surface area contributed by atoms with Gasteiger partial charge in [-0.25, -0.2) is 9.97 Å². The van der Waals surface area contributed by atoms with E-state index in [1.807, 2.05) is 12.7 Å². The monoisotopic (exact) mass is 290 g/mol. The SMILES string of the molecule is CCCc1cn(C(C)C)cn1.CCCc1cn(CC)cn1. The van der Waals surface area contributed by atoms with Gasteiger partial charge in [0.1, 0.15) is 0 Å². The molecule has 0 saturated heterocycles. The van der Waals surface area contributed by atoms with Crippen molar-refractivity contribution in [1.29, 1.82) is 0 Å². The Morgan fingerprint density at radius 3 is 1.90 bits per heavy atom. The molecule has 0 spiro atoms. The van der Waals surface area contributed by atoms with Gasteiger partial charge in [0, 0.05) is 25.0 Å². The summed E-state index contributed by atoms with van der Waals surface area (Å²) in [5.74, 6) is 0. The van der Waals surface area contributed by atoms with Crippen LogP contribution >= 0.6 is 0 Å². The lowest BCUT2D eigenvalue weighted by molar-refractivity contribution is 0.599. The molecule has 0 unspecified atom stereocenters. The van der Waals surface area contributed by atoms with E-state index in [4.69, 9.17) is 0 Å². The number of rotatable bonds is 6. The zero-order chi connectivity index (χ0) is 15.7. The van der Waals surface area contributed by atoms with Crippen molar-refractivity contribution in [1.82, 2.24) is 19.1 Å². The van der Waals surface area contributed by atoms with Gasteiger partial charge in [0.05, 0.1) is 24.0 Å². The summed E-state index contributed by atoms with van der Waals surface area (Å²) in [5, 5.41) is 0. The highest BCUT2D eigenvalue weighted by molar-refractivity contribution is 4.97. The first kappa shape index (κ1) is 17.5. The molecule has 0 aliphatic heterocycles. The van der Waals surface area contributed by atoms with Crippen LogP contribution in [0, 0.1) is 0 Å². The van der Waals surface area contributed by atoms with Gasteiger partial charge in [-0.05, 0) is 33.6 Å². The smallest absolute Gasteiger partial charge is 0.0951 e. The molecule has 0 amide bonds. The highest BCUT2D eigenvalue weighted by atomic mass is 15.0. The molecule has 0 N–H and O–H groups in total. The van der Waals surface area contributed by atoms with Crippen molar-refractivity contribution in [2.45, 2.75) is 72.9 Å². The van der Waals surface area contributed by atoms with Gasteiger partial charge in [-0.2, -0.15) is 0 Å². The summed E-state index contributed by atoms with van der Waals surface area (Å²) in [6, 6.07) is 0.535.